The second-order valence-corrected chi connectivity index (χ2v) is 4.61. The molecule has 2 aromatic rings. The van der Waals surface area contributed by atoms with Gasteiger partial charge in [0, 0.05) is 0 Å². The summed E-state index contributed by atoms with van der Waals surface area (Å²) in [6.45, 7) is 2.43. The van der Waals surface area contributed by atoms with Crippen molar-refractivity contribution in [1.29, 1.82) is 0 Å². The first-order chi connectivity index (χ1) is 10.2. The van der Waals surface area contributed by atoms with E-state index in [0.717, 1.165) is 17.7 Å². The van der Waals surface area contributed by atoms with Crippen molar-refractivity contribution in [2.24, 2.45) is 0 Å². The Kier molecular flexibility index (Phi) is 5.27. The molecule has 0 aliphatic carbocycles. The average Bonchev–Trinajstić information content (AvgIpc) is 2.51. The van der Waals surface area contributed by atoms with Crippen LogP contribution in [0.4, 0.5) is 0 Å². The Morgan fingerprint density at radius 2 is 1.86 bits per heavy atom. The van der Waals surface area contributed by atoms with Gasteiger partial charge in [-0.2, -0.15) is 0 Å². The van der Waals surface area contributed by atoms with E-state index in [2.05, 4.69) is 6.08 Å². The van der Waals surface area contributed by atoms with Crippen molar-refractivity contribution in [1.82, 2.24) is 0 Å². The van der Waals surface area contributed by atoms with Crippen LogP contribution in [0.5, 0.6) is 17.2 Å². The lowest BCUT2D eigenvalue weighted by Crippen LogP contribution is -1.92. The molecule has 110 valence electrons. The standard InChI is InChI=1S/C18H20O3/c1-3-21-18-13-15(9-12-17(18)19)6-4-5-14-7-10-16(20-2)11-8-14/h4,6-13,19H,3,5H2,1-2H3/b6-4+. The van der Waals surface area contributed by atoms with Crippen LogP contribution in [0.3, 0.4) is 0 Å². The van der Waals surface area contributed by atoms with Gasteiger partial charge in [-0.05, 0) is 48.7 Å². The zero-order chi connectivity index (χ0) is 15.1. The minimum atomic E-state index is 0.171. The van der Waals surface area contributed by atoms with E-state index in [1.165, 1.54) is 5.56 Å². The molecular formula is C18H20O3. The molecule has 0 unspecified atom stereocenters. The van der Waals surface area contributed by atoms with E-state index in [9.17, 15) is 5.11 Å². The number of hydrogen-bond acceptors (Lipinski definition) is 3. The number of rotatable bonds is 6. The summed E-state index contributed by atoms with van der Waals surface area (Å²) >= 11 is 0. The average molecular weight is 284 g/mol. The summed E-state index contributed by atoms with van der Waals surface area (Å²) in [7, 11) is 1.66. The lowest BCUT2D eigenvalue weighted by molar-refractivity contribution is 0.318. The highest BCUT2D eigenvalue weighted by Gasteiger charge is 2.01. The Morgan fingerprint density at radius 3 is 2.52 bits per heavy atom. The molecule has 0 saturated carbocycles. The molecule has 3 nitrogen and oxygen atoms in total. The molecular weight excluding hydrogens is 264 g/mol. The van der Waals surface area contributed by atoms with E-state index >= 15 is 0 Å². The van der Waals surface area contributed by atoms with E-state index in [-0.39, 0.29) is 5.75 Å². The molecule has 0 heterocycles. The zero-order valence-corrected chi connectivity index (χ0v) is 12.4. The van der Waals surface area contributed by atoms with Gasteiger partial charge in [0.05, 0.1) is 13.7 Å². The molecule has 2 aromatic carbocycles. The SMILES string of the molecule is CCOc1cc(/C=C/Cc2ccc(OC)cc2)ccc1O. The molecule has 0 amide bonds. The van der Waals surface area contributed by atoms with Crippen molar-refractivity contribution >= 4 is 6.08 Å². The van der Waals surface area contributed by atoms with Gasteiger partial charge in [0.2, 0.25) is 0 Å². The van der Waals surface area contributed by atoms with Crippen LogP contribution in [0, 0.1) is 0 Å². The van der Waals surface area contributed by atoms with Crippen molar-refractivity contribution in [3.63, 3.8) is 0 Å². The fraction of sp³-hybridized carbons (Fsp3) is 0.222. The third-order valence-electron chi connectivity index (χ3n) is 3.11. The number of phenolic OH excluding ortho intramolecular Hbond substituents is 1. The molecule has 2 rings (SSSR count). The normalized spacial score (nSPS) is 10.8. The topological polar surface area (TPSA) is 38.7 Å². The van der Waals surface area contributed by atoms with Gasteiger partial charge in [-0.1, -0.05) is 30.4 Å². The van der Waals surface area contributed by atoms with Crippen molar-refractivity contribution < 1.29 is 14.6 Å². The predicted molar refractivity (Wildman–Crippen MR) is 85.0 cm³/mol. The molecule has 0 aliphatic heterocycles. The zero-order valence-electron chi connectivity index (χ0n) is 12.4. The summed E-state index contributed by atoms with van der Waals surface area (Å²) in [6, 6.07) is 13.4. The van der Waals surface area contributed by atoms with Gasteiger partial charge in [0.15, 0.2) is 11.5 Å². The Morgan fingerprint density at radius 1 is 1.10 bits per heavy atom. The maximum absolute atomic E-state index is 9.66. The maximum Gasteiger partial charge on any atom is 0.161 e. The van der Waals surface area contributed by atoms with Crippen LogP contribution in [-0.4, -0.2) is 18.8 Å². The highest BCUT2D eigenvalue weighted by molar-refractivity contribution is 5.55. The molecule has 0 aliphatic rings. The fourth-order valence-electron chi connectivity index (χ4n) is 2.00. The van der Waals surface area contributed by atoms with E-state index in [1.807, 2.05) is 49.4 Å². The number of allylic oxidation sites excluding steroid dienone is 1. The Hall–Kier alpha value is -2.42. The van der Waals surface area contributed by atoms with Gasteiger partial charge in [-0.25, -0.2) is 0 Å². The summed E-state index contributed by atoms with van der Waals surface area (Å²) in [5, 5.41) is 9.66. The predicted octanol–water partition coefficient (Wildman–Crippen LogP) is 4.06. The van der Waals surface area contributed by atoms with Crippen molar-refractivity contribution in [2.75, 3.05) is 13.7 Å². The van der Waals surface area contributed by atoms with E-state index in [0.29, 0.717) is 12.4 Å². The van der Waals surface area contributed by atoms with Crippen molar-refractivity contribution in [3.8, 4) is 17.2 Å². The second-order valence-electron chi connectivity index (χ2n) is 4.61. The van der Waals surface area contributed by atoms with Gasteiger partial charge >= 0.3 is 0 Å². The Labute approximate surface area is 125 Å². The van der Waals surface area contributed by atoms with Gasteiger partial charge in [0.1, 0.15) is 5.75 Å². The van der Waals surface area contributed by atoms with Gasteiger partial charge in [-0.15, -0.1) is 0 Å². The Balaban J connectivity index is 2.01. The summed E-state index contributed by atoms with van der Waals surface area (Å²) in [5.41, 5.74) is 2.22. The highest BCUT2D eigenvalue weighted by atomic mass is 16.5. The quantitative estimate of drug-likeness (QED) is 0.869. The number of benzene rings is 2. The van der Waals surface area contributed by atoms with Gasteiger partial charge < -0.3 is 14.6 Å². The summed E-state index contributed by atoms with van der Waals surface area (Å²) in [5.74, 6) is 1.55. The molecule has 0 bridgehead atoms. The molecule has 0 fully saturated rings. The third-order valence-corrected chi connectivity index (χ3v) is 3.11. The van der Waals surface area contributed by atoms with Crippen molar-refractivity contribution in [3.05, 3.63) is 59.7 Å². The molecule has 21 heavy (non-hydrogen) atoms. The number of aromatic hydroxyl groups is 1. The lowest BCUT2D eigenvalue weighted by atomic mass is 10.1. The minimum absolute atomic E-state index is 0.171. The van der Waals surface area contributed by atoms with Gasteiger partial charge in [-0.3, -0.25) is 0 Å². The number of phenols is 1. The first-order valence-electron chi connectivity index (χ1n) is 6.98. The largest absolute Gasteiger partial charge is 0.504 e. The lowest BCUT2D eigenvalue weighted by Gasteiger charge is -2.06. The molecule has 0 atom stereocenters. The monoisotopic (exact) mass is 284 g/mol. The highest BCUT2D eigenvalue weighted by Crippen LogP contribution is 2.27. The summed E-state index contributed by atoms with van der Waals surface area (Å²) in [4.78, 5) is 0. The minimum Gasteiger partial charge on any atom is -0.504 e. The molecule has 0 spiro atoms. The maximum atomic E-state index is 9.66. The third kappa shape index (κ3) is 4.28. The summed E-state index contributed by atoms with van der Waals surface area (Å²) < 4.78 is 10.5. The number of ether oxygens (including phenoxy) is 2. The molecule has 1 N–H and O–H groups in total. The Bertz CT molecular complexity index is 600. The molecule has 3 heteroatoms. The van der Waals surface area contributed by atoms with E-state index < -0.39 is 0 Å². The smallest absolute Gasteiger partial charge is 0.161 e. The molecule has 0 saturated heterocycles. The number of hydrogen-bond donors (Lipinski definition) is 1. The first kappa shape index (κ1) is 15.0. The van der Waals surface area contributed by atoms with Crippen LogP contribution in [-0.2, 0) is 6.42 Å². The van der Waals surface area contributed by atoms with Crippen molar-refractivity contribution in [2.45, 2.75) is 13.3 Å². The second kappa shape index (κ2) is 7.39. The van der Waals surface area contributed by atoms with E-state index in [1.54, 1.807) is 13.2 Å². The first-order valence-corrected chi connectivity index (χ1v) is 6.98. The van der Waals surface area contributed by atoms with E-state index in [4.69, 9.17) is 9.47 Å². The van der Waals surface area contributed by atoms with Crippen LogP contribution < -0.4 is 9.47 Å². The number of methoxy groups -OCH3 is 1. The fourth-order valence-corrected chi connectivity index (χ4v) is 2.00. The van der Waals surface area contributed by atoms with Crippen LogP contribution in [0.15, 0.2) is 48.5 Å². The van der Waals surface area contributed by atoms with Crippen LogP contribution >= 0.6 is 0 Å². The van der Waals surface area contributed by atoms with Crippen LogP contribution in [0.1, 0.15) is 18.1 Å². The molecule has 0 aromatic heterocycles. The molecule has 0 radical (unpaired) electrons. The van der Waals surface area contributed by atoms with Gasteiger partial charge in [0.25, 0.3) is 0 Å². The van der Waals surface area contributed by atoms with Crippen LogP contribution in [0.2, 0.25) is 0 Å². The summed E-state index contributed by atoms with van der Waals surface area (Å²) in [6.07, 6.45) is 4.95. The van der Waals surface area contributed by atoms with Crippen LogP contribution in [0.25, 0.3) is 6.08 Å².